The Bertz CT molecular complexity index is 1140. The number of carbonyl (C=O) groups excluding carboxylic acids is 2. The molecule has 0 saturated heterocycles. The number of aromatic nitrogens is 1. The van der Waals surface area contributed by atoms with Crippen LogP contribution in [0.3, 0.4) is 0 Å². The molecular weight excluding hydrogens is 410 g/mol. The molecule has 0 atom stereocenters. The van der Waals surface area contributed by atoms with Crippen molar-refractivity contribution in [3.05, 3.63) is 64.5 Å². The van der Waals surface area contributed by atoms with Crippen molar-refractivity contribution in [2.75, 3.05) is 23.4 Å². The number of rotatable bonds is 6. The molecule has 0 saturated carbocycles. The molecule has 2 amide bonds. The van der Waals surface area contributed by atoms with Gasteiger partial charge in [-0.25, -0.2) is 0 Å². The highest BCUT2D eigenvalue weighted by atomic mass is 16.5. The van der Waals surface area contributed by atoms with E-state index in [0.717, 1.165) is 22.4 Å². The second-order valence-electron chi connectivity index (χ2n) is 7.81. The van der Waals surface area contributed by atoms with E-state index in [1.165, 1.54) is 0 Å². The summed E-state index contributed by atoms with van der Waals surface area (Å²) in [5.41, 5.74) is 4.64. The standard InChI is InChI=1S/C24H25N3O5/c1-14-6-5-7-15(2)24(14)31-12-22(28)25-18-8-9-21-20(10-18)27(23(29)13-30-21)11-19-16(3)26-32-17(19)4/h5-10H,11-13H2,1-4H3,(H,25,28). The van der Waals surface area contributed by atoms with Crippen molar-refractivity contribution in [1.82, 2.24) is 5.16 Å². The topological polar surface area (TPSA) is 93.9 Å². The summed E-state index contributed by atoms with van der Waals surface area (Å²) in [6.07, 6.45) is 0. The van der Waals surface area contributed by atoms with Gasteiger partial charge in [-0.3, -0.25) is 9.59 Å². The summed E-state index contributed by atoms with van der Waals surface area (Å²) in [5.74, 6) is 1.46. The van der Waals surface area contributed by atoms with E-state index < -0.39 is 0 Å². The van der Waals surface area contributed by atoms with Crippen LogP contribution in [-0.4, -0.2) is 30.2 Å². The van der Waals surface area contributed by atoms with Gasteiger partial charge in [-0.1, -0.05) is 23.4 Å². The highest BCUT2D eigenvalue weighted by molar-refractivity contribution is 5.99. The van der Waals surface area contributed by atoms with Gasteiger partial charge in [0.15, 0.2) is 13.2 Å². The number of hydrogen-bond donors (Lipinski definition) is 1. The summed E-state index contributed by atoms with van der Waals surface area (Å²) in [4.78, 5) is 26.7. The predicted molar refractivity (Wildman–Crippen MR) is 119 cm³/mol. The van der Waals surface area contributed by atoms with Gasteiger partial charge >= 0.3 is 0 Å². The first kappa shape index (κ1) is 21.4. The Morgan fingerprint density at radius 2 is 1.91 bits per heavy atom. The molecule has 8 heteroatoms. The first-order valence-electron chi connectivity index (χ1n) is 10.3. The van der Waals surface area contributed by atoms with Gasteiger partial charge in [0.1, 0.15) is 17.3 Å². The maximum absolute atomic E-state index is 12.6. The van der Waals surface area contributed by atoms with E-state index in [2.05, 4.69) is 10.5 Å². The van der Waals surface area contributed by atoms with Gasteiger partial charge in [0, 0.05) is 11.3 Å². The summed E-state index contributed by atoms with van der Waals surface area (Å²) in [7, 11) is 0. The van der Waals surface area contributed by atoms with Crippen LogP contribution in [0, 0.1) is 27.7 Å². The maximum atomic E-state index is 12.6. The molecule has 32 heavy (non-hydrogen) atoms. The van der Waals surface area contributed by atoms with Gasteiger partial charge in [-0.2, -0.15) is 0 Å². The van der Waals surface area contributed by atoms with Crippen molar-refractivity contribution in [2.45, 2.75) is 34.2 Å². The zero-order valence-corrected chi connectivity index (χ0v) is 18.5. The van der Waals surface area contributed by atoms with Crippen molar-refractivity contribution in [1.29, 1.82) is 0 Å². The second-order valence-corrected chi connectivity index (χ2v) is 7.81. The first-order chi connectivity index (χ1) is 15.3. The fourth-order valence-electron chi connectivity index (χ4n) is 3.70. The molecule has 0 bridgehead atoms. The summed E-state index contributed by atoms with van der Waals surface area (Å²) >= 11 is 0. The minimum Gasteiger partial charge on any atom is -0.483 e. The molecule has 0 radical (unpaired) electrons. The number of carbonyl (C=O) groups is 2. The lowest BCUT2D eigenvalue weighted by atomic mass is 10.1. The zero-order chi connectivity index (χ0) is 22.8. The quantitative estimate of drug-likeness (QED) is 0.632. The predicted octanol–water partition coefficient (Wildman–Crippen LogP) is 3.85. The van der Waals surface area contributed by atoms with Crippen LogP contribution in [-0.2, 0) is 16.1 Å². The molecule has 1 aliphatic heterocycles. The maximum Gasteiger partial charge on any atom is 0.265 e. The van der Waals surface area contributed by atoms with Gasteiger partial charge < -0.3 is 24.2 Å². The summed E-state index contributed by atoms with van der Waals surface area (Å²) in [6.45, 7) is 7.66. The number of fused-ring (bicyclic) bond motifs is 1. The van der Waals surface area contributed by atoms with E-state index in [4.69, 9.17) is 14.0 Å². The van der Waals surface area contributed by atoms with Crippen LogP contribution in [0.15, 0.2) is 40.9 Å². The third-order valence-electron chi connectivity index (χ3n) is 5.44. The number of nitrogens with one attached hydrogen (secondary N) is 1. The van der Waals surface area contributed by atoms with Crippen LogP contribution in [0.5, 0.6) is 11.5 Å². The molecule has 0 unspecified atom stereocenters. The van der Waals surface area contributed by atoms with Crippen LogP contribution in [0.4, 0.5) is 11.4 Å². The van der Waals surface area contributed by atoms with Crippen molar-refractivity contribution >= 4 is 23.2 Å². The summed E-state index contributed by atoms with van der Waals surface area (Å²) < 4.78 is 16.5. The average Bonchev–Trinajstić information content (AvgIpc) is 3.07. The van der Waals surface area contributed by atoms with Gasteiger partial charge in [-0.15, -0.1) is 0 Å². The monoisotopic (exact) mass is 435 g/mol. The number of para-hydroxylation sites is 1. The van der Waals surface area contributed by atoms with Crippen molar-refractivity contribution in [3.8, 4) is 11.5 Å². The third-order valence-corrected chi connectivity index (χ3v) is 5.44. The van der Waals surface area contributed by atoms with Gasteiger partial charge in [-0.05, 0) is 57.0 Å². The van der Waals surface area contributed by atoms with E-state index in [0.29, 0.717) is 35.2 Å². The van der Waals surface area contributed by atoms with E-state index >= 15 is 0 Å². The van der Waals surface area contributed by atoms with Crippen molar-refractivity contribution in [2.24, 2.45) is 0 Å². The number of benzene rings is 2. The number of anilines is 2. The Kier molecular flexibility index (Phi) is 5.85. The molecule has 8 nitrogen and oxygen atoms in total. The number of amides is 2. The highest BCUT2D eigenvalue weighted by Gasteiger charge is 2.28. The Labute approximate surface area is 186 Å². The molecule has 0 spiro atoms. The van der Waals surface area contributed by atoms with Crippen molar-refractivity contribution < 1.29 is 23.6 Å². The molecule has 1 aliphatic rings. The summed E-state index contributed by atoms with van der Waals surface area (Å²) in [6, 6.07) is 11.0. The molecule has 166 valence electrons. The molecule has 3 aromatic rings. The average molecular weight is 435 g/mol. The number of nitrogens with zero attached hydrogens (tertiary/aromatic N) is 2. The van der Waals surface area contributed by atoms with E-state index in [9.17, 15) is 9.59 Å². The molecule has 0 fully saturated rings. The number of hydrogen-bond acceptors (Lipinski definition) is 6. The molecule has 1 aromatic heterocycles. The molecule has 2 heterocycles. The Hall–Kier alpha value is -3.81. The number of aryl methyl sites for hydroxylation is 4. The van der Waals surface area contributed by atoms with E-state index in [1.54, 1.807) is 23.1 Å². The van der Waals surface area contributed by atoms with Gasteiger partial charge in [0.25, 0.3) is 11.8 Å². The van der Waals surface area contributed by atoms with E-state index in [1.807, 2.05) is 45.9 Å². The minimum absolute atomic E-state index is 0.0499. The zero-order valence-electron chi connectivity index (χ0n) is 18.5. The SMILES string of the molecule is Cc1cccc(C)c1OCC(=O)Nc1ccc2c(c1)N(Cc1c(C)noc1C)C(=O)CO2. The molecular formula is C24H25N3O5. The lowest BCUT2D eigenvalue weighted by Crippen LogP contribution is -2.38. The van der Waals surface area contributed by atoms with Gasteiger partial charge in [0.05, 0.1) is 17.9 Å². The Morgan fingerprint density at radius 3 is 2.59 bits per heavy atom. The summed E-state index contributed by atoms with van der Waals surface area (Å²) in [5, 5.41) is 6.79. The van der Waals surface area contributed by atoms with Gasteiger partial charge in [0.2, 0.25) is 0 Å². The van der Waals surface area contributed by atoms with Crippen LogP contribution in [0.2, 0.25) is 0 Å². The first-order valence-corrected chi connectivity index (χ1v) is 10.3. The normalized spacial score (nSPS) is 12.9. The molecule has 1 N–H and O–H groups in total. The fraction of sp³-hybridized carbons (Fsp3) is 0.292. The smallest absolute Gasteiger partial charge is 0.265 e. The lowest BCUT2D eigenvalue weighted by Gasteiger charge is -2.29. The largest absolute Gasteiger partial charge is 0.483 e. The highest BCUT2D eigenvalue weighted by Crippen LogP contribution is 2.36. The van der Waals surface area contributed by atoms with Crippen LogP contribution < -0.4 is 19.7 Å². The second kappa shape index (κ2) is 8.74. The third kappa shape index (κ3) is 4.30. The molecule has 4 rings (SSSR count). The fourth-order valence-corrected chi connectivity index (χ4v) is 3.70. The number of ether oxygens (including phenoxy) is 2. The minimum atomic E-state index is -0.298. The van der Waals surface area contributed by atoms with Crippen molar-refractivity contribution in [3.63, 3.8) is 0 Å². The molecule has 0 aliphatic carbocycles. The van der Waals surface area contributed by atoms with E-state index in [-0.39, 0.29) is 25.0 Å². The lowest BCUT2D eigenvalue weighted by molar-refractivity contribution is -0.121. The molecule has 2 aromatic carbocycles. The van der Waals surface area contributed by atoms with Crippen LogP contribution in [0.25, 0.3) is 0 Å². The Balaban J connectivity index is 1.50. The Morgan fingerprint density at radius 1 is 1.16 bits per heavy atom. The van der Waals surface area contributed by atoms with Crippen LogP contribution in [0.1, 0.15) is 28.1 Å². The van der Waals surface area contributed by atoms with Crippen LogP contribution >= 0.6 is 0 Å².